The number of carbonyl (C=O) groups excluding carboxylic acids is 1. The third-order valence-electron chi connectivity index (χ3n) is 4.77. The van der Waals surface area contributed by atoms with E-state index in [0.29, 0.717) is 6.42 Å². The van der Waals surface area contributed by atoms with Crippen molar-refractivity contribution in [2.45, 2.75) is 12.5 Å². The Hall–Kier alpha value is -2.94. The molecular weight excluding hydrogens is 284 g/mol. The molecule has 0 fully saturated rings. The molecule has 3 aromatic rings. The minimum Gasteiger partial charge on any atom is -0.323 e. The normalized spacial score (nSPS) is 18.5. The van der Waals surface area contributed by atoms with E-state index in [1.165, 1.54) is 0 Å². The lowest BCUT2D eigenvalue weighted by Crippen LogP contribution is -2.35. The van der Waals surface area contributed by atoms with Gasteiger partial charge in [0, 0.05) is 17.4 Å². The molecule has 3 heteroatoms. The third-order valence-corrected chi connectivity index (χ3v) is 4.77. The number of hydrogen-bond donors (Lipinski definition) is 0. The maximum Gasteiger partial charge on any atom is 0.167 e. The number of carbonyl (C=O) groups is 1. The van der Waals surface area contributed by atoms with Crippen molar-refractivity contribution in [2.75, 3.05) is 4.90 Å². The molecule has 0 saturated heterocycles. The summed E-state index contributed by atoms with van der Waals surface area (Å²) in [5.41, 5.74) is 3.91. The number of nitrogens with zero attached hydrogens (tertiary/aromatic N) is 2. The zero-order chi connectivity index (χ0) is 15.4. The summed E-state index contributed by atoms with van der Waals surface area (Å²) in [5.74, 6) is 0.206. The molecule has 2 heterocycles. The van der Waals surface area contributed by atoms with Crippen molar-refractivity contribution in [3.63, 3.8) is 0 Å². The molecule has 3 nitrogen and oxygen atoms in total. The molecule has 23 heavy (non-hydrogen) atoms. The topological polar surface area (TPSA) is 32.7 Å². The quantitative estimate of drug-likeness (QED) is 0.655. The van der Waals surface area contributed by atoms with Crippen molar-refractivity contribution in [1.82, 2.24) is 0 Å². The van der Waals surface area contributed by atoms with Crippen LogP contribution in [-0.4, -0.2) is 12.1 Å². The number of Topliss-reactive ketones (excluding diaryl/α,β-unsaturated/α-hetero) is 1. The molecule has 0 radical (unpaired) electrons. The van der Waals surface area contributed by atoms with E-state index in [0.717, 1.165) is 33.3 Å². The van der Waals surface area contributed by atoms with Crippen LogP contribution in [0.5, 0.6) is 0 Å². The number of benzene rings is 3. The average Bonchev–Trinajstić information content (AvgIpc) is 2.61. The highest BCUT2D eigenvalue weighted by Gasteiger charge is 2.34. The smallest absolute Gasteiger partial charge is 0.167 e. The maximum atomic E-state index is 12.7. The first-order valence-electron chi connectivity index (χ1n) is 7.79. The second-order valence-corrected chi connectivity index (χ2v) is 6.04. The second-order valence-electron chi connectivity index (χ2n) is 6.04. The van der Waals surface area contributed by atoms with Gasteiger partial charge in [-0.25, -0.2) is 4.99 Å². The summed E-state index contributed by atoms with van der Waals surface area (Å²) in [4.78, 5) is 19.5. The number of hydrogen-bond acceptors (Lipinski definition) is 3. The third kappa shape index (κ3) is 1.70. The van der Waals surface area contributed by atoms with Crippen LogP contribution in [-0.2, 0) is 0 Å². The van der Waals surface area contributed by atoms with Gasteiger partial charge in [-0.15, -0.1) is 0 Å². The molecule has 0 spiro atoms. The summed E-state index contributed by atoms with van der Waals surface area (Å²) < 4.78 is 0. The van der Waals surface area contributed by atoms with Crippen LogP contribution < -0.4 is 4.90 Å². The fraction of sp³-hybridized carbons (Fsp3) is 0.100. The van der Waals surface area contributed by atoms with Crippen LogP contribution in [0.4, 0.5) is 11.4 Å². The van der Waals surface area contributed by atoms with Crippen LogP contribution in [0.15, 0.2) is 65.7 Å². The summed E-state index contributed by atoms with van der Waals surface area (Å²) >= 11 is 0. The molecule has 2 aliphatic rings. The maximum absolute atomic E-state index is 12.7. The van der Waals surface area contributed by atoms with E-state index in [2.05, 4.69) is 28.1 Å². The Labute approximate surface area is 133 Å². The van der Waals surface area contributed by atoms with E-state index in [1.807, 2.05) is 48.8 Å². The van der Waals surface area contributed by atoms with Crippen LogP contribution in [0, 0.1) is 0 Å². The number of anilines is 1. The molecule has 0 amide bonds. The lowest BCUT2D eigenvalue weighted by molar-refractivity contribution is 0.0969. The van der Waals surface area contributed by atoms with Gasteiger partial charge in [0.25, 0.3) is 0 Å². The van der Waals surface area contributed by atoms with Crippen molar-refractivity contribution in [2.24, 2.45) is 4.99 Å². The molecule has 0 bridgehead atoms. The van der Waals surface area contributed by atoms with Crippen LogP contribution in [0.3, 0.4) is 0 Å². The molecule has 1 atom stereocenters. The Morgan fingerprint density at radius 2 is 1.83 bits per heavy atom. The fourth-order valence-corrected chi connectivity index (χ4v) is 3.70. The highest BCUT2D eigenvalue weighted by atomic mass is 16.1. The number of rotatable bonds is 1. The Balaban J connectivity index is 1.81. The molecule has 0 saturated carbocycles. The second kappa shape index (κ2) is 4.53. The number of aliphatic imine (C=N–C) groups is 1. The van der Waals surface area contributed by atoms with Crippen molar-refractivity contribution in [3.8, 4) is 0 Å². The molecule has 5 rings (SSSR count). The highest BCUT2D eigenvalue weighted by Crippen LogP contribution is 2.46. The first-order chi connectivity index (χ1) is 11.3. The van der Waals surface area contributed by atoms with Crippen molar-refractivity contribution < 1.29 is 4.79 Å². The van der Waals surface area contributed by atoms with Gasteiger partial charge in [0.05, 0.1) is 23.8 Å². The Bertz CT molecular complexity index is 976. The minimum absolute atomic E-state index is 0.0129. The molecule has 1 unspecified atom stereocenters. The SMILES string of the molecule is O=C1CC(c2ccccc2)N2C=Nc3cccc4ccc1c2c34. The first kappa shape index (κ1) is 12.6. The molecule has 0 aliphatic carbocycles. The van der Waals surface area contributed by atoms with Gasteiger partial charge in [0.1, 0.15) is 0 Å². The lowest BCUT2D eigenvalue weighted by atomic mass is 9.87. The molecule has 110 valence electrons. The summed E-state index contributed by atoms with van der Waals surface area (Å²) in [6.45, 7) is 0. The molecule has 2 aliphatic heterocycles. The first-order valence-corrected chi connectivity index (χ1v) is 7.79. The molecule has 0 N–H and O–H groups in total. The van der Waals surface area contributed by atoms with Crippen LogP contribution in [0.1, 0.15) is 28.4 Å². The van der Waals surface area contributed by atoms with Gasteiger partial charge in [-0.2, -0.15) is 0 Å². The Morgan fingerprint density at radius 1 is 0.957 bits per heavy atom. The van der Waals surface area contributed by atoms with Gasteiger partial charge in [0.2, 0.25) is 0 Å². The molecule has 0 aromatic heterocycles. The van der Waals surface area contributed by atoms with Crippen molar-refractivity contribution in [1.29, 1.82) is 0 Å². The standard InChI is InChI=1S/C20H14N2O/c23-18-11-17(13-5-2-1-3-6-13)22-12-21-16-8-4-7-14-9-10-15(18)20(22)19(14)16/h1-10,12,17H,11H2. The van der Waals surface area contributed by atoms with Crippen molar-refractivity contribution in [3.05, 3.63) is 71.8 Å². The average molecular weight is 298 g/mol. The summed E-state index contributed by atoms with van der Waals surface area (Å²) in [6.07, 6.45) is 2.36. The highest BCUT2D eigenvalue weighted by molar-refractivity contribution is 6.19. The van der Waals surface area contributed by atoms with E-state index < -0.39 is 0 Å². The van der Waals surface area contributed by atoms with Crippen LogP contribution in [0.25, 0.3) is 10.8 Å². The van der Waals surface area contributed by atoms with E-state index in [4.69, 9.17) is 0 Å². The zero-order valence-corrected chi connectivity index (χ0v) is 12.4. The van der Waals surface area contributed by atoms with Crippen LogP contribution in [0.2, 0.25) is 0 Å². The van der Waals surface area contributed by atoms with E-state index in [-0.39, 0.29) is 11.8 Å². The Morgan fingerprint density at radius 3 is 2.70 bits per heavy atom. The van der Waals surface area contributed by atoms with Gasteiger partial charge in [-0.1, -0.05) is 48.5 Å². The fourth-order valence-electron chi connectivity index (χ4n) is 3.70. The predicted molar refractivity (Wildman–Crippen MR) is 92.7 cm³/mol. The van der Waals surface area contributed by atoms with Gasteiger partial charge < -0.3 is 4.90 Å². The lowest BCUT2D eigenvalue weighted by Gasteiger charge is -2.38. The largest absolute Gasteiger partial charge is 0.323 e. The monoisotopic (exact) mass is 298 g/mol. The Kier molecular flexibility index (Phi) is 2.48. The van der Waals surface area contributed by atoms with Gasteiger partial charge in [-0.3, -0.25) is 4.79 Å². The summed E-state index contributed by atoms with van der Waals surface area (Å²) in [6, 6.07) is 20.3. The zero-order valence-electron chi connectivity index (χ0n) is 12.4. The van der Waals surface area contributed by atoms with E-state index in [1.54, 1.807) is 0 Å². The summed E-state index contributed by atoms with van der Waals surface area (Å²) in [7, 11) is 0. The van der Waals surface area contributed by atoms with E-state index in [9.17, 15) is 4.79 Å². The molecular formula is C20H14N2O. The van der Waals surface area contributed by atoms with Crippen molar-refractivity contribution >= 4 is 34.3 Å². The predicted octanol–water partition coefficient (Wildman–Crippen LogP) is 4.65. The number of ketones is 1. The van der Waals surface area contributed by atoms with E-state index >= 15 is 0 Å². The van der Waals surface area contributed by atoms with Gasteiger partial charge in [-0.05, 0) is 23.1 Å². The van der Waals surface area contributed by atoms with Gasteiger partial charge in [0.15, 0.2) is 5.78 Å². The van der Waals surface area contributed by atoms with Crippen LogP contribution >= 0.6 is 0 Å². The minimum atomic E-state index is 0.0129. The van der Waals surface area contributed by atoms with Gasteiger partial charge >= 0.3 is 0 Å². The summed E-state index contributed by atoms with van der Waals surface area (Å²) in [5, 5.41) is 2.21. The molecule has 3 aromatic carbocycles.